The van der Waals surface area contributed by atoms with Crippen LogP contribution in [0, 0.1) is 0 Å². The van der Waals surface area contributed by atoms with Gasteiger partial charge >= 0.3 is 0 Å². The van der Waals surface area contributed by atoms with Crippen LogP contribution in [0.2, 0.25) is 0 Å². The fourth-order valence-electron chi connectivity index (χ4n) is 1.85. The van der Waals surface area contributed by atoms with Crippen molar-refractivity contribution >= 4 is 28.6 Å². The SMILES string of the molecule is CSC(C)CNC(=O)Cc1c[nH]c2ccccc12. The van der Waals surface area contributed by atoms with Gasteiger partial charge in [0, 0.05) is 28.9 Å². The first-order chi connectivity index (χ1) is 8.70. The Kier molecular flexibility index (Phi) is 4.31. The number of carbonyl (C=O) groups excluding carboxylic acids is 1. The average Bonchev–Trinajstić information content (AvgIpc) is 2.79. The van der Waals surface area contributed by atoms with Crippen molar-refractivity contribution in [2.24, 2.45) is 0 Å². The number of aromatic nitrogens is 1. The maximum absolute atomic E-state index is 11.8. The molecule has 0 radical (unpaired) electrons. The highest BCUT2D eigenvalue weighted by molar-refractivity contribution is 7.99. The quantitative estimate of drug-likeness (QED) is 0.870. The maximum atomic E-state index is 11.8. The molecule has 2 aromatic rings. The number of hydrogen-bond acceptors (Lipinski definition) is 2. The van der Waals surface area contributed by atoms with Crippen LogP contribution in [0.25, 0.3) is 10.9 Å². The number of H-pyrrole nitrogens is 1. The molecule has 0 aliphatic carbocycles. The van der Waals surface area contributed by atoms with Crippen molar-refractivity contribution in [1.29, 1.82) is 0 Å². The summed E-state index contributed by atoms with van der Waals surface area (Å²) in [6, 6.07) is 8.04. The topological polar surface area (TPSA) is 44.9 Å². The number of rotatable bonds is 5. The minimum absolute atomic E-state index is 0.0839. The van der Waals surface area contributed by atoms with E-state index in [1.807, 2.05) is 30.5 Å². The van der Waals surface area contributed by atoms with Gasteiger partial charge in [0.2, 0.25) is 5.91 Å². The van der Waals surface area contributed by atoms with Gasteiger partial charge in [-0.1, -0.05) is 25.1 Å². The molecule has 18 heavy (non-hydrogen) atoms. The zero-order valence-electron chi connectivity index (χ0n) is 10.7. The molecule has 4 heteroatoms. The van der Waals surface area contributed by atoms with E-state index in [1.54, 1.807) is 11.8 Å². The van der Waals surface area contributed by atoms with Gasteiger partial charge in [-0.05, 0) is 17.9 Å². The van der Waals surface area contributed by atoms with Crippen LogP contribution in [-0.2, 0) is 11.2 Å². The van der Waals surface area contributed by atoms with E-state index in [4.69, 9.17) is 0 Å². The molecule has 1 heterocycles. The number of hydrogen-bond donors (Lipinski definition) is 2. The summed E-state index contributed by atoms with van der Waals surface area (Å²) in [4.78, 5) is 15.0. The van der Waals surface area contributed by atoms with Crippen molar-refractivity contribution in [3.05, 3.63) is 36.0 Å². The minimum Gasteiger partial charge on any atom is -0.361 e. The van der Waals surface area contributed by atoms with Gasteiger partial charge in [-0.3, -0.25) is 4.79 Å². The fourth-order valence-corrected chi connectivity index (χ4v) is 2.10. The van der Waals surface area contributed by atoms with Crippen LogP contribution in [0.3, 0.4) is 0 Å². The van der Waals surface area contributed by atoms with Gasteiger partial charge in [-0.15, -0.1) is 0 Å². The Morgan fingerprint density at radius 2 is 2.22 bits per heavy atom. The molecule has 1 aromatic carbocycles. The van der Waals surface area contributed by atoms with E-state index >= 15 is 0 Å². The van der Waals surface area contributed by atoms with E-state index in [9.17, 15) is 4.79 Å². The molecule has 1 aromatic heterocycles. The third-order valence-electron chi connectivity index (χ3n) is 3.01. The molecular weight excluding hydrogens is 244 g/mol. The normalized spacial score (nSPS) is 12.6. The van der Waals surface area contributed by atoms with E-state index in [-0.39, 0.29) is 5.91 Å². The molecule has 0 saturated carbocycles. The van der Waals surface area contributed by atoms with Crippen molar-refractivity contribution < 1.29 is 4.79 Å². The fraction of sp³-hybridized carbons (Fsp3) is 0.357. The van der Waals surface area contributed by atoms with Crippen LogP contribution in [0.4, 0.5) is 0 Å². The molecular formula is C14H18N2OS. The van der Waals surface area contributed by atoms with Gasteiger partial charge in [-0.25, -0.2) is 0 Å². The molecule has 0 saturated heterocycles. The predicted molar refractivity (Wildman–Crippen MR) is 78.0 cm³/mol. The van der Waals surface area contributed by atoms with Gasteiger partial charge < -0.3 is 10.3 Å². The van der Waals surface area contributed by atoms with Gasteiger partial charge in [-0.2, -0.15) is 11.8 Å². The summed E-state index contributed by atoms with van der Waals surface area (Å²) < 4.78 is 0. The standard InChI is InChI=1S/C14H18N2OS/c1-10(18-2)8-16-14(17)7-11-9-15-13-6-4-3-5-12(11)13/h3-6,9-10,15H,7-8H2,1-2H3,(H,16,17). The Morgan fingerprint density at radius 1 is 1.44 bits per heavy atom. The predicted octanol–water partition coefficient (Wildman–Crippen LogP) is 2.58. The molecule has 2 rings (SSSR count). The lowest BCUT2D eigenvalue weighted by atomic mass is 10.1. The van der Waals surface area contributed by atoms with Gasteiger partial charge in [0.15, 0.2) is 0 Å². The lowest BCUT2D eigenvalue weighted by Crippen LogP contribution is -2.30. The number of amides is 1. The summed E-state index contributed by atoms with van der Waals surface area (Å²) in [6.45, 7) is 2.83. The summed E-state index contributed by atoms with van der Waals surface area (Å²) in [5, 5.41) is 4.55. The van der Waals surface area contributed by atoms with Crippen LogP contribution >= 0.6 is 11.8 Å². The molecule has 2 N–H and O–H groups in total. The molecule has 96 valence electrons. The molecule has 0 fully saturated rings. The van der Waals surface area contributed by atoms with E-state index < -0.39 is 0 Å². The minimum atomic E-state index is 0.0839. The molecule has 0 spiro atoms. The average molecular weight is 262 g/mol. The molecule has 1 amide bonds. The third-order valence-corrected chi connectivity index (χ3v) is 3.99. The Hall–Kier alpha value is -1.42. The van der Waals surface area contributed by atoms with Crippen molar-refractivity contribution in [1.82, 2.24) is 10.3 Å². The molecule has 3 nitrogen and oxygen atoms in total. The van der Waals surface area contributed by atoms with Gasteiger partial charge in [0.1, 0.15) is 0 Å². The van der Waals surface area contributed by atoms with Crippen LogP contribution in [0.15, 0.2) is 30.5 Å². The first-order valence-electron chi connectivity index (χ1n) is 6.05. The third kappa shape index (κ3) is 3.07. The van der Waals surface area contributed by atoms with E-state index in [1.165, 1.54) is 0 Å². The largest absolute Gasteiger partial charge is 0.361 e. The summed E-state index contributed by atoms with van der Waals surface area (Å²) in [7, 11) is 0. The monoisotopic (exact) mass is 262 g/mol. The lowest BCUT2D eigenvalue weighted by molar-refractivity contribution is -0.120. The van der Waals surface area contributed by atoms with Crippen molar-refractivity contribution in [2.45, 2.75) is 18.6 Å². The van der Waals surface area contributed by atoms with Gasteiger partial charge in [0.05, 0.1) is 6.42 Å². The van der Waals surface area contributed by atoms with Crippen molar-refractivity contribution in [2.75, 3.05) is 12.8 Å². The number of thioether (sulfide) groups is 1. The Balaban J connectivity index is 1.99. The van der Waals surface area contributed by atoms with E-state index in [0.717, 1.165) is 23.0 Å². The maximum Gasteiger partial charge on any atom is 0.224 e. The number of benzene rings is 1. The Morgan fingerprint density at radius 3 is 3.00 bits per heavy atom. The van der Waals surface area contributed by atoms with Gasteiger partial charge in [0.25, 0.3) is 0 Å². The summed E-state index contributed by atoms with van der Waals surface area (Å²) in [5.74, 6) is 0.0839. The first kappa shape index (κ1) is 13.0. The number of carbonyl (C=O) groups is 1. The van der Waals surface area contributed by atoms with Crippen molar-refractivity contribution in [3.8, 4) is 0 Å². The number of para-hydroxylation sites is 1. The highest BCUT2D eigenvalue weighted by atomic mass is 32.2. The lowest BCUT2D eigenvalue weighted by Gasteiger charge is -2.09. The molecule has 0 aliphatic heterocycles. The number of nitrogens with one attached hydrogen (secondary N) is 2. The zero-order chi connectivity index (χ0) is 13.0. The van der Waals surface area contributed by atoms with Crippen LogP contribution in [0.5, 0.6) is 0 Å². The summed E-state index contributed by atoms with van der Waals surface area (Å²) in [6.07, 6.45) is 4.41. The molecule has 1 unspecified atom stereocenters. The van der Waals surface area contributed by atoms with E-state index in [2.05, 4.69) is 23.5 Å². The summed E-state index contributed by atoms with van der Waals surface area (Å²) >= 11 is 1.76. The number of aromatic amines is 1. The smallest absolute Gasteiger partial charge is 0.224 e. The highest BCUT2D eigenvalue weighted by Crippen LogP contribution is 2.17. The number of fused-ring (bicyclic) bond motifs is 1. The zero-order valence-corrected chi connectivity index (χ0v) is 11.5. The van der Waals surface area contributed by atoms with Crippen molar-refractivity contribution in [3.63, 3.8) is 0 Å². The molecule has 0 aliphatic rings. The second-order valence-electron chi connectivity index (χ2n) is 4.39. The molecule has 0 bridgehead atoms. The van der Waals surface area contributed by atoms with Crippen LogP contribution < -0.4 is 5.32 Å². The second-order valence-corrected chi connectivity index (χ2v) is 5.66. The Labute approximate surface area is 111 Å². The highest BCUT2D eigenvalue weighted by Gasteiger charge is 2.09. The van der Waals surface area contributed by atoms with Crippen LogP contribution in [0.1, 0.15) is 12.5 Å². The second kappa shape index (κ2) is 5.96. The van der Waals surface area contributed by atoms with E-state index in [0.29, 0.717) is 11.7 Å². The Bertz CT molecular complexity index is 535. The first-order valence-corrected chi connectivity index (χ1v) is 7.34. The van der Waals surface area contributed by atoms with Crippen LogP contribution in [-0.4, -0.2) is 28.9 Å². The molecule has 1 atom stereocenters. The summed E-state index contributed by atoms with van der Waals surface area (Å²) in [5.41, 5.74) is 2.14.